The first-order valence-electron chi connectivity index (χ1n) is 7.70. The number of esters is 2. The number of nitrogens with two attached hydrogens (primary N) is 4. The van der Waals surface area contributed by atoms with Crippen LogP contribution in [0, 0.1) is 0 Å². The minimum absolute atomic E-state index is 0.0162. The van der Waals surface area contributed by atoms with Gasteiger partial charge in [0.1, 0.15) is 6.04 Å². The monoisotopic (exact) mass is 350 g/mol. The number of aliphatic imine (C=N–C) groups is 1. The Bertz CT molecular complexity index is 644. The molecule has 0 radical (unpaired) electrons. The Morgan fingerprint density at radius 1 is 1.32 bits per heavy atom. The molecule has 1 heterocycles. The van der Waals surface area contributed by atoms with E-state index >= 15 is 0 Å². The zero-order valence-electron chi connectivity index (χ0n) is 13.6. The second-order valence-electron chi connectivity index (χ2n) is 5.61. The Labute approximate surface area is 144 Å². The van der Waals surface area contributed by atoms with Gasteiger partial charge in [0.25, 0.3) is 0 Å². The summed E-state index contributed by atoms with van der Waals surface area (Å²) in [6, 6.07) is 6.13. The SMILES string of the molecule is NC[C@H](N)C(=O)OC(=O)C[C@H]1C[C@@H](c2ccc(N=C(N)N)cc2)NO1. The number of ether oxygens (including phenoxy) is 1. The van der Waals surface area contributed by atoms with Crippen LogP contribution in [0.3, 0.4) is 0 Å². The van der Waals surface area contributed by atoms with Gasteiger partial charge in [-0.2, -0.15) is 5.48 Å². The number of rotatable bonds is 6. The molecule has 0 saturated carbocycles. The molecule has 0 bridgehead atoms. The summed E-state index contributed by atoms with van der Waals surface area (Å²) in [5, 5.41) is 0. The van der Waals surface area contributed by atoms with Crippen LogP contribution in [-0.4, -0.2) is 36.6 Å². The molecule has 0 amide bonds. The van der Waals surface area contributed by atoms with Gasteiger partial charge < -0.3 is 27.7 Å². The van der Waals surface area contributed by atoms with Gasteiger partial charge in [-0.25, -0.2) is 9.79 Å². The number of nitrogens with zero attached hydrogens (tertiary/aromatic N) is 1. The second-order valence-corrected chi connectivity index (χ2v) is 5.61. The van der Waals surface area contributed by atoms with E-state index in [2.05, 4.69) is 15.2 Å². The Hall–Kier alpha value is -2.53. The van der Waals surface area contributed by atoms with Crippen LogP contribution in [0.5, 0.6) is 0 Å². The maximum atomic E-state index is 11.7. The third-order valence-corrected chi connectivity index (χ3v) is 3.59. The summed E-state index contributed by atoms with van der Waals surface area (Å²) in [6.45, 7) is -0.0917. The van der Waals surface area contributed by atoms with Crippen molar-refractivity contribution in [2.75, 3.05) is 6.54 Å². The molecule has 0 aliphatic carbocycles. The smallest absolute Gasteiger partial charge is 0.331 e. The van der Waals surface area contributed by atoms with Crippen molar-refractivity contribution in [3.63, 3.8) is 0 Å². The summed E-state index contributed by atoms with van der Waals surface area (Å²) in [7, 11) is 0. The zero-order valence-corrected chi connectivity index (χ0v) is 13.6. The molecule has 1 aromatic carbocycles. The molecule has 1 saturated heterocycles. The van der Waals surface area contributed by atoms with Crippen molar-refractivity contribution in [1.29, 1.82) is 0 Å². The van der Waals surface area contributed by atoms with E-state index in [9.17, 15) is 9.59 Å². The van der Waals surface area contributed by atoms with Crippen molar-refractivity contribution >= 4 is 23.6 Å². The highest BCUT2D eigenvalue weighted by atomic mass is 16.7. The fraction of sp³-hybridized carbons (Fsp3) is 0.400. The van der Waals surface area contributed by atoms with Crippen molar-refractivity contribution in [1.82, 2.24) is 5.48 Å². The average Bonchev–Trinajstić information content (AvgIpc) is 3.02. The van der Waals surface area contributed by atoms with Gasteiger partial charge in [0.15, 0.2) is 5.96 Å². The molecule has 1 aliphatic rings. The molecule has 10 heteroatoms. The predicted molar refractivity (Wildman–Crippen MR) is 90.0 cm³/mol. The van der Waals surface area contributed by atoms with Gasteiger partial charge in [-0.3, -0.25) is 9.63 Å². The van der Waals surface area contributed by atoms with Crippen molar-refractivity contribution in [2.24, 2.45) is 27.9 Å². The molecular formula is C15H22N6O4. The lowest BCUT2D eigenvalue weighted by Crippen LogP contribution is -2.40. The van der Waals surface area contributed by atoms with Gasteiger partial charge in [0.05, 0.1) is 24.3 Å². The van der Waals surface area contributed by atoms with E-state index in [0.29, 0.717) is 12.1 Å². The lowest BCUT2D eigenvalue weighted by Gasteiger charge is -2.10. The number of hydrogen-bond acceptors (Lipinski definition) is 8. The van der Waals surface area contributed by atoms with Crippen LogP contribution in [0.25, 0.3) is 0 Å². The van der Waals surface area contributed by atoms with Crippen LogP contribution in [0.1, 0.15) is 24.4 Å². The van der Waals surface area contributed by atoms with Gasteiger partial charge in [0, 0.05) is 6.54 Å². The number of hydroxylamine groups is 1. The van der Waals surface area contributed by atoms with E-state index in [4.69, 9.17) is 27.8 Å². The molecule has 9 N–H and O–H groups in total. The minimum atomic E-state index is -1.01. The third kappa shape index (κ3) is 5.50. The summed E-state index contributed by atoms with van der Waals surface area (Å²) in [4.78, 5) is 32.5. The molecular weight excluding hydrogens is 328 g/mol. The normalized spacial score (nSPS) is 20.7. The molecule has 25 heavy (non-hydrogen) atoms. The second kappa shape index (κ2) is 8.53. The highest BCUT2D eigenvalue weighted by Crippen LogP contribution is 2.28. The Balaban J connectivity index is 1.86. The van der Waals surface area contributed by atoms with E-state index in [1.807, 2.05) is 12.1 Å². The molecule has 0 aromatic heterocycles. The number of nitrogens with one attached hydrogen (secondary N) is 1. The van der Waals surface area contributed by atoms with Gasteiger partial charge in [-0.05, 0) is 24.1 Å². The number of hydrogen-bond donors (Lipinski definition) is 5. The summed E-state index contributed by atoms with van der Waals surface area (Å²) in [5.41, 5.74) is 25.7. The summed E-state index contributed by atoms with van der Waals surface area (Å²) in [6.07, 6.45) is 0.0451. The summed E-state index contributed by atoms with van der Waals surface area (Å²) < 4.78 is 4.63. The van der Waals surface area contributed by atoms with E-state index in [-0.39, 0.29) is 25.0 Å². The van der Waals surface area contributed by atoms with Crippen LogP contribution in [0.15, 0.2) is 29.3 Å². The molecule has 1 aromatic rings. The topological polar surface area (TPSA) is 181 Å². The molecule has 2 rings (SSSR count). The van der Waals surface area contributed by atoms with Crippen LogP contribution in [0.2, 0.25) is 0 Å². The van der Waals surface area contributed by atoms with E-state index in [1.54, 1.807) is 12.1 Å². The average molecular weight is 350 g/mol. The lowest BCUT2D eigenvalue weighted by atomic mass is 10.0. The molecule has 0 unspecified atom stereocenters. The van der Waals surface area contributed by atoms with Gasteiger partial charge in [-0.15, -0.1) is 0 Å². The van der Waals surface area contributed by atoms with Gasteiger partial charge in [-0.1, -0.05) is 12.1 Å². The fourth-order valence-corrected chi connectivity index (χ4v) is 2.31. The molecule has 3 atom stereocenters. The molecule has 136 valence electrons. The summed E-state index contributed by atoms with van der Waals surface area (Å²) in [5.74, 6) is -1.56. The van der Waals surface area contributed by atoms with Crippen molar-refractivity contribution in [3.8, 4) is 0 Å². The number of benzene rings is 1. The highest BCUT2D eigenvalue weighted by Gasteiger charge is 2.30. The quantitative estimate of drug-likeness (QED) is 0.180. The highest BCUT2D eigenvalue weighted by molar-refractivity contribution is 5.88. The van der Waals surface area contributed by atoms with Crippen LogP contribution < -0.4 is 28.4 Å². The first-order valence-corrected chi connectivity index (χ1v) is 7.70. The third-order valence-electron chi connectivity index (χ3n) is 3.59. The maximum absolute atomic E-state index is 11.7. The molecule has 0 spiro atoms. The number of carbonyl (C=O) groups excluding carboxylic acids is 2. The Morgan fingerprint density at radius 3 is 2.60 bits per heavy atom. The largest absolute Gasteiger partial charge is 0.392 e. The van der Waals surface area contributed by atoms with Gasteiger partial charge in [0.2, 0.25) is 0 Å². The number of guanidine groups is 1. The van der Waals surface area contributed by atoms with Crippen molar-refractivity contribution in [2.45, 2.75) is 31.0 Å². The Morgan fingerprint density at radius 2 is 2.00 bits per heavy atom. The standard InChI is InChI=1S/C15H22N6O4/c16-7-11(17)14(23)24-13(22)6-10-5-12(21-25-10)8-1-3-9(4-2-8)20-15(18)19/h1-4,10-12,21H,5-7,16-17H2,(H4,18,19,20)/t10-,11+,12+/m1/s1. The van der Waals surface area contributed by atoms with Crippen molar-refractivity contribution in [3.05, 3.63) is 29.8 Å². The lowest BCUT2D eigenvalue weighted by molar-refractivity contribution is -0.162. The molecule has 10 nitrogen and oxygen atoms in total. The molecule has 1 fully saturated rings. The Kier molecular flexibility index (Phi) is 6.42. The van der Waals surface area contributed by atoms with Crippen LogP contribution in [-0.2, 0) is 19.2 Å². The minimum Gasteiger partial charge on any atom is -0.392 e. The van der Waals surface area contributed by atoms with Crippen LogP contribution >= 0.6 is 0 Å². The van der Waals surface area contributed by atoms with E-state index < -0.39 is 24.1 Å². The van der Waals surface area contributed by atoms with E-state index in [1.165, 1.54) is 0 Å². The first-order chi connectivity index (χ1) is 11.9. The maximum Gasteiger partial charge on any atom is 0.331 e. The molecule has 1 aliphatic heterocycles. The first kappa shape index (κ1) is 18.8. The van der Waals surface area contributed by atoms with Crippen molar-refractivity contribution < 1.29 is 19.2 Å². The van der Waals surface area contributed by atoms with Gasteiger partial charge >= 0.3 is 11.9 Å². The number of carbonyl (C=O) groups is 2. The fourth-order valence-electron chi connectivity index (χ4n) is 2.31. The summed E-state index contributed by atoms with van der Waals surface area (Å²) >= 11 is 0. The van der Waals surface area contributed by atoms with E-state index in [0.717, 1.165) is 5.56 Å². The van der Waals surface area contributed by atoms with Crippen LogP contribution in [0.4, 0.5) is 5.69 Å². The predicted octanol–water partition coefficient (Wildman–Crippen LogP) is -1.33. The zero-order chi connectivity index (χ0) is 18.4.